The van der Waals surface area contributed by atoms with Crippen molar-refractivity contribution in [1.29, 1.82) is 0 Å². The van der Waals surface area contributed by atoms with E-state index >= 15 is 0 Å². The molecule has 0 spiro atoms. The Balaban J connectivity index is 1.91. The Hall–Kier alpha value is -1.06. The molecule has 1 N–H and O–H groups in total. The van der Waals surface area contributed by atoms with Crippen molar-refractivity contribution < 1.29 is 9.59 Å². The molecule has 12 heavy (non-hydrogen) atoms. The lowest BCUT2D eigenvalue weighted by atomic mass is 10.1. The van der Waals surface area contributed by atoms with Crippen LogP contribution in [0, 0.1) is 0 Å². The summed E-state index contributed by atoms with van der Waals surface area (Å²) >= 11 is 0. The van der Waals surface area contributed by atoms with Crippen molar-refractivity contribution in [2.45, 2.75) is 25.3 Å². The second-order valence-electron chi connectivity index (χ2n) is 3.34. The van der Waals surface area contributed by atoms with Gasteiger partial charge in [-0.15, -0.1) is 0 Å². The molecular weight excluding hydrogens is 156 g/mol. The normalized spacial score (nSPS) is 28.2. The van der Waals surface area contributed by atoms with Gasteiger partial charge in [-0.25, -0.2) is 0 Å². The maximum absolute atomic E-state index is 11.5. The van der Waals surface area contributed by atoms with Gasteiger partial charge in [0.2, 0.25) is 11.8 Å². The van der Waals surface area contributed by atoms with E-state index in [1.54, 1.807) is 4.90 Å². The topological polar surface area (TPSA) is 49.4 Å². The Bertz CT molecular complexity index is 223. The van der Waals surface area contributed by atoms with Gasteiger partial charge in [0.25, 0.3) is 0 Å². The Kier molecular flexibility index (Phi) is 1.75. The Morgan fingerprint density at radius 1 is 1.50 bits per heavy atom. The number of rotatable bonds is 1. The first-order valence-corrected chi connectivity index (χ1v) is 4.35. The minimum Gasteiger partial charge on any atom is -0.344 e. The van der Waals surface area contributed by atoms with E-state index < -0.39 is 0 Å². The van der Waals surface area contributed by atoms with Crippen LogP contribution >= 0.6 is 0 Å². The molecule has 0 aromatic carbocycles. The van der Waals surface area contributed by atoms with Crippen molar-refractivity contribution in [3.8, 4) is 0 Å². The van der Waals surface area contributed by atoms with Crippen molar-refractivity contribution in [2.75, 3.05) is 13.1 Å². The van der Waals surface area contributed by atoms with E-state index in [4.69, 9.17) is 0 Å². The molecule has 4 heteroatoms. The Morgan fingerprint density at radius 3 is 2.67 bits per heavy atom. The molecule has 2 heterocycles. The summed E-state index contributed by atoms with van der Waals surface area (Å²) < 4.78 is 0. The maximum atomic E-state index is 11.5. The lowest BCUT2D eigenvalue weighted by Gasteiger charge is -2.32. The molecule has 2 amide bonds. The zero-order chi connectivity index (χ0) is 8.55. The number of nitrogens with one attached hydrogen (secondary N) is 1. The first kappa shape index (κ1) is 7.58. The number of hydrogen-bond acceptors (Lipinski definition) is 2. The third-order valence-corrected chi connectivity index (χ3v) is 2.46. The van der Waals surface area contributed by atoms with E-state index in [-0.39, 0.29) is 17.9 Å². The first-order valence-electron chi connectivity index (χ1n) is 4.35. The highest BCUT2D eigenvalue weighted by Gasteiger charge is 2.32. The molecule has 0 saturated carbocycles. The molecule has 0 aromatic rings. The van der Waals surface area contributed by atoms with E-state index in [0.29, 0.717) is 12.8 Å². The van der Waals surface area contributed by atoms with Gasteiger partial charge in [0.1, 0.15) is 6.04 Å². The molecule has 2 fully saturated rings. The zero-order valence-corrected chi connectivity index (χ0v) is 6.88. The summed E-state index contributed by atoms with van der Waals surface area (Å²) in [6.07, 6.45) is 2.28. The quantitative estimate of drug-likeness (QED) is 0.573. The molecule has 2 rings (SSSR count). The second-order valence-corrected chi connectivity index (χ2v) is 3.34. The second kappa shape index (κ2) is 2.77. The highest BCUT2D eigenvalue weighted by atomic mass is 16.2. The van der Waals surface area contributed by atoms with Gasteiger partial charge in [0.05, 0.1) is 0 Å². The van der Waals surface area contributed by atoms with Gasteiger partial charge in [-0.1, -0.05) is 0 Å². The Labute approximate surface area is 70.9 Å². The van der Waals surface area contributed by atoms with Crippen LogP contribution in [0.3, 0.4) is 0 Å². The first-order chi connectivity index (χ1) is 5.77. The van der Waals surface area contributed by atoms with Crippen molar-refractivity contribution in [3.63, 3.8) is 0 Å². The molecule has 0 radical (unpaired) electrons. The maximum Gasteiger partial charge on any atom is 0.245 e. The summed E-state index contributed by atoms with van der Waals surface area (Å²) in [6, 6.07) is -0.224. The molecule has 2 saturated heterocycles. The molecule has 1 unspecified atom stereocenters. The zero-order valence-electron chi connectivity index (χ0n) is 6.88. The van der Waals surface area contributed by atoms with Crippen LogP contribution in [-0.4, -0.2) is 35.8 Å². The van der Waals surface area contributed by atoms with Gasteiger partial charge in [0.15, 0.2) is 0 Å². The van der Waals surface area contributed by atoms with Gasteiger partial charge in [-0.2, -0.15) is 0 Å². The van der Waals surface area contributed by atoms with Crippen molar-refractivity contribution in [1.82, 2.24) is 10.2 Å². The fourth-order valence-electron chi connectivity index (χ4n) is 1.56. The summed E-state index contributed by atoms with van der Waals surface area (Å²) in [4.78, 5) is 24.1. The van der Waals surface area contributed by atoms with Gasteiger partial charge < -0.3 is 10.2 Å². The predicted molar refractivity (Wildman–Crippen MR) is 42.4 cm³/mol. The minimum absolute atomic E-state index is 0.00822. The van der Waals surface area contributed by atoms with E-state index in [1.165, 1.54) is 0 Å². The minimum atomic E-state index is -0.224. The average molecular weight is 168 g/mol. The number of amides is 2. The van der Waals surface area contributed by atoms with Crippen molar-refractivity contribution in [2.24, 2.45) is 0 Å². The molecule has 66 valence electrons. The lowest BCUT2D eigenvalue weighted by molar-refractivity contribution is -0.137. The summed E-state index contributed by atoms with van der Waals surface area (Å²) in [7, 11) is 0. The summed E-state index contributed by atoms with van der Waals surface area (Å²) in [5.41, 5.74) is 0. The summed E-state index contributed by atoms with van der Waals surface area (Å²) in [5.74, 6) is 0.112. The summed E-state index contributed by atoms with van der Waals surface area (Å²) in [6.45, 7) is 1.73. The molecule has 2 aliphatic rings. The third kappa shape index (κ3) is 1.17. The molecule has 1 atom stereocenters. The fourth-order valence-corrected chi connectivity index (χ4v) is 1.56. The third-order valence-electron chi connectivity index (χ3n) is 2.46. The Morgan fingerprint density at radius 2 is 2.25 bits per heavy atom. The standard InChI is InChI=1S/C8H12N2O2/c11-7-3-2-6(9-7)8(12)10-4-1-5-10/h6H,1-5H2,(H,9,11). The SMILES string of the molecule is O=C1CCC(C(=O)N2CCC2)N1. The van der Waals surface area contributed by atoms with Crippen molar-refractivity contribution >= 4 is 11.8 Å². The van der Waals surface area contributed by atoms with E-state index in [0.717, 1.165) is 19.5 Å². The van der Waals surface area contributed by atoms with Crippen LogP contribution in [0.15, 0.2) is 0 Å². The largest absolute Gasteiger partial charge is 0.344 e. The number of carbonyl (C=O) groups excluding carboxylic acids is 2. The number of likely N-dealkylation sites (tertiary alicyclic amines) is 1. The smallest absolute Gasteiger partial charge is 0.245 e. The van der Waals surface area contributed by atoms with Crippen LogP contribution in [-0.2, 0) is 9.59 Å². The predicted octanol–water partition coefficient (Wildman–Crippen LogP) is -0.503. The van der Waals surface area contributed by atoms with Gasteiger partial charge >= 0.3 is 0 Å². The van der Waals surface area contributed by atoms with E-state index in [9.17, 15) is 9.59 Å². The van der Waals surface area contributed by atoms with Crippen LogP contribution in [0.25, 0.3) is 0 Å². The molecule has 0 bridgehead atoms. The molecule has 4 nitrogen and oxygen atoms in total. The number of carbonyl (C=O) groups is 2. The van der Waals surface area contributed by atoms with Gasteiger partial charge in [-0.3, -0.25) is 9.59 Å². The van der Waals surface area contributed by atoms with E-state index in [2.05, 4.69) is 5.32 Å². The van der Waals surface area contributed by atoms with Crippen molar-refractivity contribution in [3.05, 3.63) is 0 Å². The number of nitrogens with zero attached hydrogens (tertiary/aromatic N) is 1. The molecule has 2 aliphatic heterocycles. The highest BCUT2D eigenvalue weighted by molar-refractivity contribution is 5.91. The van der Waals surface area contributed by atoms with Crippen LogP contribution in [0.1, 0.15) is 19.3 Å². The van der Waals surface area contributed by atoms with Gasteiger partial charge in [-0.05, 0) is 12.8 Å². The lowest BCUT2D eigenvalue weighted by Crippen LogP contribution is -2.50. The van der Waals surface area contributed by atoms with Crippen LogP contribution < -0.4 is 5.32 Å². The molecular formula is C8H12N2O2. The van der Waals surface area contributed by atoms with E-state index in [1.807, 2.05) is 0 Å². The monoisotopic (exact) mass is 168 g/mol. The van der Waals surface area contributed by atoms with Crippen LogP contribution in [0.5, 0.6) is 0 Å². The van der Waals surface area contributed by atoms with Gasteiger partial charge in [0, 0.05) is 19.5 Å². The summed E-state index contributed by atoms with van der Waals surface area (Å²) in [5, 5.41) is 2.67. The molecule has 0 aliphatic carbocycles. The average Bonchev–Trinajstić information content (AvgIpc) is 2.31. The number of hydrogen-bond donors (Lipinski definition) is 1. The fraction of sp³-hybridized carbons (Fsp3) is 0.750. The van der Waals surface area contributed by atoms with Crippen LogP contribution in [0.2, 0.25) is 0 Å². The van der Waals surface area contributed by atoms with Crippen LogP contribution in [0.4, 0.5) is 0 Å². The highest BCUT2D eigenvalue weighted by Crippen LogP contribution is 2.14. The molecule has 0 aromatic heterocycles.